The number of hydrogen-bond acceptors (Lipinski definition) is 3. The minimum absolute atomic E-state index is 0.0182. The van der Waals surface area contributed by atoms with E-state index in [1.54, 1.807) is 0 Å². The summed E-state index contributed by atoms with van der Waals surface area (Å²) in [6, 6.07) is 0. The number of fused-ring (bicyclic) bond motifs is 5. The predicted octanol–water partition coefficient (Wildman–Crippen LogP) is 5.18. The lowest BCUT2D eigenvalue weighted by Gasteiger charge is -2.57. The molecule has 4 aliphatic carbocycles. The zero-order chi connectivity index (χ0) is 18.7. The minimum Gasteiger partial charge on any atom is -0.462 e. The summed E-state index contributed by atoms with van der Waals surface area (Å²) in [4.78, 5) is 22.8. The van der Waals surface area contributed by atoms with Gasteiger partial charge in [0.25, 0.3) is 0 Å². The van der Waals surface area contributed by atoms with Crippen molar-refractivity contribution < 1.29 is 14.3 Å². The summed E-state index contributed by atoms with van der Waals surface area (Å²) in [6.07, 6.45) is 10.5. The van der Waals surface area contributed by atoms with Crippen molar-refractivity contribution in [2.45, 2.75) is 71.8 Å². The first-order valence-electron chi connectivity index (χ1n) is 10.0. The quantitative estimate of drug-likeness (QED) is 0.378. The molecule has 2 fully saturated rings. The van der Waals surface area contributed by atoms with Gasteiger partial charge in [-0.25, -0.2) is 0 Å². The molecule has 0 heterocycles. The Kier molecular flexibility index (Phi) is 4.38. The average molecular weight is 377 g/mol. The van der Waals surface area contributed by atoms with Crippen LogP contribution in [0.4, 0.5) is 0 Å². The molecule has 0 amide bonds. The number of allylic oxidation sites excluding steroid dienone is 3. The highest BCUT2D eigenvalue weighted by atomic mass is 35.5. The maximum absolute atomic E-state index is 11.5. The van der Waals surface area contributed by atoms with E-state index in [1.807, 2.05) is 0 Å². The maximum Gasteiger partial charge on any atom is 0.302 e. The fraction of sp³-hybridized carbons (Fsp3) is 0.727. The molecule has 4 aliphatic rings. The zero-order valence-electron chi connectivity index (χ0n) is 16.0. The van der Waals surface area contributed by atoms with Crippen LogP contribution in [0.1, 0.15) is 65.7 Å². The summed E-state index contributed by atoms with van der Waals surface area (Å²) in [5.74, 6) is 1.55. The first kappa shape index (κ1) is 18.3. The van der Waals surface area contributed by atoms with Crippen molar-refractivity contribution in [3.63, 3.8) is 0 Å². The minimum atomic E-state index is -0.172. The summed E-state index contributed by atoms with van der Waals surface area (Å²) in [5, 5.41) is 0.828. The van der Waals surface area contributed by atoms with Crippen LogP contribution in [-0.2, 0) is 14.3 Å². The SMILES string of the molecule is CC(=O)O[C@H]1CC[C@@]2(C)C(=CC[C@@H]3[C@@H]2CC[C@]2(C)C(Cl)=C(C=O)C[C@@H]32)C1. The molecule has 142 valence electrons. The fourth-order valence-corrected chi connectivity index (χ4v) is 7.08. The van der Waals surface area contributed by atoms with E-state index in [-0.39, 0.29) is 22.9 Å². The van der Waals surface area contributed by atoms with E-state index < -0.39 is 0 Å². The molecule has 0 unspecified atom stereocenters. The number of aldehydes is 1. The Morgan fingerprint density at radius 2 is 1.92 bits per heavy atom. The molecule has 4 rings (SSSR count). The molecule has 0 N–H and O–H groups in total. The van der Waals surface area contributed by atoms with Gasteiger partial charge >= 0.3 is 5.97 Å². The zero-order valence-corrected chi connectivity index (χ0v) is 16.8. The molecule has 0 radical (unpaired) electrons. The van der Waals surface area contributed by atoms with Gasteiger partial charge in [0.2, 0.25) is 0 Å². The molecule has 0 aromatic heterocycles. The summed E-state index contributed by atoms with van der Waals surface area (Å²) in [5.41, 5.74) is 2.51. The van der Waals surface area contributed by atoms with Crippen molar-refractivity contribution in [2.24, 2.45) is 28.6 Å². The lowest BCUT2D eigenvalue weighted by atomic mass is 9.48. The van der Waals surface area contributed by atoms with Crippen LogP contribution in [0.3, 0.4) is 0 Å². The lowest BCUT2D eigenvalue weighted by Crippen LogP contribution is -2.50. The molecular formula is C22H29ClO3. The molecule has 3 nitrogen and oxygen atoms in total. The molecule has 26 heavy (non-hydrogen) atoms. The van der Waals surface area contributed by atoms with E-state index in [9.17, 15) is 9.59 Å². The van der Waals surface area contributed by atoms with E-state index in [4.69, 9.17) is 16.3 Å². The fourth-order valence-electron chi connectivity index (χ4n) is 6.73. The number of ether oxygens (including phenoxy) is 1. The number of halogens is 1. The molecule has 4 heteroatoms. The summed E-state index contributed by atoms with van der Waals surface area (Å²) >= 11 is 6.65. The number of carbonyl (C=O) groups is 2. The molecule has 6 atom stereocenters. The van der Waals surface area contributed by atoms with E-state index >= 15 is 0 Å². The standard InChI is InChI=1S/C22H29ClO3/c1-13(25)26-16-6-8-21(2)15(11-16)4-5-17-18(21)7-9-22(3)19(17)10-14(12-24)20(22)23/h4,12,16-19H,5-11H2,1-3H3/t16-,17+,18-,19-,21-,22-/m0/s1. The Labute approximate surface area is 161 Å². The van der Waals surface area contributed by atoms with Crippen LogP contribution in [0.15, 0.2) is 22.3 Å². The largest absolute Gasteiger partial charge is 0.462 e. The highest BCUT2D eigenvalue weighted by molar-refractivity contribution is 6.32. The summed E-state index contributed by atoms with van der Waals surface area (Å²) in [7, 11) is 0. The van der Waals surface area contributed by atoms with Gasteiger partial charge in [-0.1, -0.05) is 37.1 Å². The Morgan fingerprint density at radius 1 is 1.19 bits per heavy atom. The van der Waals surface area contributed by atoms with Crippen LogP contribution in [0.5, 0.6) is 0 Å². The van der Waals surface area contributed by atoms with Crippen molar-refractivity contribution >= 4 is 23.9 Å². The second-order valence-electron chi connectivity index (χ2n) is 9.35. The highest BCUT2D eigenvalue weighted by Crippen LogP contribution is 2.66. The smallest absolute Gasteiger partial charge is 0.302 e. The Bertz CT molecular complexity index is 708. The molecule has 0 spiro atoms. The Hall–Kier alpha value is -1.09. The highest BCUT2D eigenvalue weighted by Gasteiger charge is 2.58. The predicted molar refractivity (Wildman–Crippen MR) is 102 cm³/mol. The van der Waals surface area contributed by atoms with Crippen molar-refractivity contribution in [3.8, 4) is 0 Å². The van der Waals surface area contributed by atoms with Gasteiger partial charge in [-0.15, -0.1) is 0 Å². The second kappa shape index (κ2) is 6.22. The van der Waals surface area contributed by atoms with Crippen LogP contribution in [0, 0.1) is 28.6 Å². The molecule has 2 saturated carbocycles. The van der Waals surface area contributed by atoms with E-state index in [0.717, 1.165) is 55.4 Å². The van der Waals surface area contributed by atoms with Crippen molar-refractivity contribution in [2.75, 3.05) is 0 Å². The lowest BCUT2D eigenvalue weighted by molar-refractivity contribution is -0.148. The number of esters is 1. The average Bonchev–Trinajstić information content (AvgIpc) is 2.86. The van der Waals surface area contributed by atoms with Crippen LogP contribution < -0.4 is 0 Å². The molecule has 0 aromatic rings. The van der Waals surface area contributed by atoms with E-state index in [2.05, 4.69) is 19.9 Å². The van der Waals surface area contributed by atoms with Crippen LogP contribution in [-0.4, -0.2) is 18.4 Å². The van der Waals surface area contributed by atoms with Crippen molar-refractivity contribution in [3.05, 3.63) is 22.3 Å². The maximum atomic E-state index is 11.5. The molecule has 0 bridgehead atoms. The number of carbonyl (C=O) groups excluding carboxylic acids is 2. The van der Waals surface area contributed by atoms with E-state index in [0.29, 0.717) is 17.8 Å². The first-order valence-corrected chi connectivity index (χ1v) is 10.4. The Balaban J connectivity index is 1.61. The van der Waals surface area contributed by atoms with Gasteiger partial charge in [-0.05, 0) is 61.7 Å². The third-order valence-electron chi connectivity index (χ3n) is 8.15. The first-order chi connectivity index (χ1) is 12.3. The van der Waals surface area contributed by atoms with Gasteiger partial charge in [-0.2, -0.15) is 0 Å². The van der Waals surface area contributed by atoms with Crippen LogP contribution >= 0.6 is 11.6 Å². The van der Waals surface area contributed by atoms with E-state index in [1.165, 1.54) is 18.9 Å². The van der Waals surface area contributed by atoms with Gasteiger partial charge < -0.3 is 4.74 Å². The summed E-state index contributed by atoms with van der Waals surface area (Å²) < 4.78 is 5.51. The third-order valence-corrected chi connectivity index (χ3v) is 8.82. The molecule has 0 aliphatic heterocycles. The van der Waals surface area contributed by atoms with Crippen molar-refractivity contribution in [1.29, 1.82) is 0 Å². The number of rotatable bonds is 2. The van der Waals surface area contributed by atoms with Gasteiger partial charge in [0, 0.05) is 29.4 Å². The molecule has 0 aromatic carbocycles. The normalized spacial score (nSPS) is 44.5. The van der Waals surface area contributed by atoms with Gasteiger partial charge in [0.15, 0.2) is 0 Å². The third kappa shape index (κ3) is 2.53. The Morgan fingerprint density at radius 3 is 2.62 bits per heavy atom. The monoisotopic (exact) mass is 376 g/mol. The topological polar surface area (TPSA) is 43.4 Å². The number of hydrogen-bond donors (Lipinski definition) is 0. The van der Waals surface area contributed by atoms with Crippen LogP contribution in [0.25, 0.3) is 0 Å². The second-order valence-corrected chi connectivity index (χ2v) is 9.73. The molecular weight excluding hydrogens is 348 g/mol. The summed E-state index contributed by atoms with van der Waals surface area (Å²) in [6.45, 7) is 6.20. The van der Waals surface area contributed by atoms with Gasteiger partial charge in [0.1, 0.15) is 12.4 Å². The van der Waals surface area contributed by atoms with Gasteiger partial charge in [0.05, 0.1) is 0 Å². The van der Waals surface area contributed by atoms with Crippen molar-refractivity contribution in [1.82, 2.24) is 0 Å². The molecule has 0 saturated heterocycles. The van der Waals surface area contributed by atoms with Crippen LogP contribution in [0.2, 0.25) is 0 Å². The van der Waals surface area contributed by atoms with Gasteiger partial charge in [-0.3, -0.25) is 9.59 Å².